The number of anilines is 1. The molecule has 0 aliphatic rings. The molecule has 110 valence electrons. The summed E-state index contributed by atoms with van der Waals surface area (Å²) in [7, 11) is 0. The molecule has 21 heavy (non-hydrogen) atoms. The van der Waals surface area contributed by atoms with Crippen LogP contribution in [0.25, 0.3) is 0 Å². The maximum atomic E-state index is 12.0. The molecule has 2 rings (SSSR count). The summed E-state index contributed by atoms with van der Waals surface area (Å²) in [5.74, 6) is 0.514. The molecule has 1 amide bonds. The number of para-hydroxylation sites is 1. The molecule has 2 aromatic rings. The predicted octanol–water partition coefficient (Wildman–Crippen LogP) is 5.08. The van der Waals surface area contributed by atoms with Crippen LogP contribution in [0.5, 0.6) is 5.75 Å². The molecule has 0 unspecified atom stereocenters. The Labute approximate surface area is 129 Å². The van der Waals surface area contributed by atoms with E-state index in [0.29, 0.717) is 10.8 Å². The third-order valence-electron chi connectivity index (χ3n) is 3.21. The van der Waals surface area contributed by atoms with E-state index < -0.39 is 6.09 Å². The minimum absolute atomic E-state index is 0.493. The van der Waals surface area contributed by atoms with Crippen molar-refractivity contribution in [1.82, 2.24) is 0 Å². The van der Waals surface area contributed by atoms with Crippen LogP contribution < -0.4 is 10.1 Å². The van der Waals surface area contributed by atoms with Crippen LogP contribution in [-0.2, 0) is 12.8 Å². The van der Waals surface area contributed by atoms with Gasteiger partial charge < -0.3 is 4.74 Å². The van der Waals surface area contributed by atoms with Gasteiger partial charge in [-0.3, -0.25) is 5.32 Å². The van der Waals surface area contributed by atoms with Gasteiger partial charge in [0.1, 0.15) is 5.75 Å². The van der Waals surface area contributed by atoms with Crippen LogP contribution in [0.15, 0.2) is 42.5 Å². The minimum atomic E-state index is -0.493. The van der Waals surface area contributed by atoms with E-state index in [4.69, 9.17) is 16.3 Å². The smallest absolute Gasteiger partial charge is 0.410 e. The van der Waals surface area contributed by atoms with E-state index in [0.717, 1.165) is 29.7 Å². The van der Waals surface area contributed by atoms with Crippen LogP contribution in [-0.4, -0.2) is 6.09 Å². The van der Waals surface area contributed by atoms with Gasteiger partial charge >= 0.3 is 6.09 Å². The Balaban J connectivity index is 2.20. The molecule has 0 aliphatic heterocycles. The maximum Gasteiger partial charge on any atom is 0.417 e. The SMILES string of the molecule is CCc1cc(Cl)cc(CC)c1NC(=O)Oc1ccccc1. The van der Waals surface area contributed by atoms with Crippen LogP contribution >= 0.6 is 11.6 Å². The average molecular weight is 304 g/mol. The van der Waals surface area contributed by atoms with Crippen molar-refractivity contribution in [3.63, 3.8) is 0 Å². The van der Waals surface area contributed by atoms with Gasteiger partial charge in [0.15, 0.2) is 0 Å². The summed E-state index contributed by atoms with van der Waals surface area (Å²) in [6.07, 6.45) is 1.08. The van der Waals surface area contributed by atoms with Gasteiger partial charge in [-0.1, -0.05) is 43.6 Å². The first-order chi connectivity index (χ1) is 10.1. The zero-order chi connectivity index (χ0) is 15.2. The zero-order valence-electron chi connectivity index (χ0n) is 12.2. The Kier molecular flexibility index (Phi) is 5.23. The van der Waals surface area contributed by atoms with Crippen molar-refractivity contribution in [2.45, 2.75) is 26.7 Å². The topological polar surface area (TPSA) is 38.3 Å². The van der Waals surface area contributed by atoms with Gasteiger partial charge in [-0.25, -0.2) is 4.79 Å². The van der Waals surface area contributed by atoms with Crippen molar-refractivity contribution in [3.8, 4) is 5.75 Å². The number of amides is 1. The second kappa shape index (κ2) is 7.14. The number of hydrogen-bond donors (Lipinski definition) is 1. The number of ether oxygens (including phenoxy) is 1. The highest BCUT2D eigenvalue weighted by Gasteiger charge is 2.13. The predicted molar refractivity (Wildman–Crippen MR) is 86.3 cm³/mol. The summed E-state index contributed by atoms with van der Waals surface area (Å²) in [5, 5.41) is 3.52. The lowest BCUT2D eigenvalue weighted by atomic mass is 10.0. The van der Waals surface area contributed by atoms with Crippen LogP contribution in [0, 0.1) is 0 Å². The number of benzene rings is 2. The highest BCUT2D eigenvalue weighted by Crippen LogP contribution is 2.27. The molecule has 2 aromatic carbocycles. The Hall–Kier alpha value is -2.00. The molecule has 0 saturated carbocycles. The molecular formula is C17H18ClNO2. The quantitative estimate of drug-likeness (QED) is 0.855. The lowest BCUT2D eigenvalue weighted by Crippen LogP contribution is -2.19. The number of halogens is 1. The van der Waals surface area contributed by atoms with Gasteiger partial charge in [0.25, 0.3) is 0 Å². The molecule has 4 heteroatoms. The standard InChI is InChI=1S/C17H18ClNO2/c1-3-12-10-14(18)11-13(4-2)16(12)19-17(20)21-15-8-6-5-7-9-15/h5-11H,3-4H2,1-2H3,(H,19,20). The highest BCUT2D eigenvalue weighted by molar-refractivity contribution is 6.30. The molecule has 0 aliphatic carbocycles. The third-order valence-corrected chi connectivity index (χ3v) is 3.43. The second-order valence-corrected chi connectivity index (χ2v) is 5.07. The maximum absolute atomic E-state index is 12.0. The summed E-state index contributed by atoms with van der Waals surface area (Å²) in [5.41, 5.74) is 2.80. The third kappa shape index (κ3) is 3.99. The van der Waals surface area contributed by atoms with Gasteiger partial charge in [-0.2, -0.15) is 0 Å². The van der Waals surface area contributed by atoms with Crippen molar-refractivity contribution < 1.29 is 9.53 Å². The highest BCUT2D eigenvalue weighted by atomic mass is 35.5. The van der Waals surface area contributed by atoms with E-state index in [2.05, 4.69) is 5.32 Å². The number of rotatable bonds is 4. The summed E-state index contributed by atoms with van der Waals surface area (Å²) < 4.78 is 5.26. The molecule has 3 nitrogen and oxygen atoms in total. The van der Waals surface area contributed by atoms with Crippen LogP contribution in [0.2, 0.25) is 5.02 Å². The minimum Gasteiger partial charge on any atom is -0.410 e. The Morgan fingerprint density at radius 1 is 1.10 bits per heavy atom. The van der Waals surface area contributed by atoms with Crippen molar-refractivity contribution in [2.75, 3.05) is 5.32 Å². The van der Waals surface area contributed by atoms with Gasteiger partial charge in [0, 0.05) is 5.02 Å². The van der Waals surface area contributed by atoms with Crippen LogP contribution in [0.1, 0.15) is 25.0 Å². The van der Waals surface area contributed by atoms with Crippen molar-refractivity contribution in [1.29, 1.82) is 0 Å². The van der Waals surface area contributed by atoms with Gasteiger partial charge in [0.2, 0.25) is 0 Å². The number of carbonyl (C=O) groups is 1. The Morgan fingerprint density at radius 2 is 1.67 bits per heavy atom. The number of hydrogen-bond acceptors (Lipinski definition) is 2. The van der Waals surface area contributed by atoms with E-state index >= 15 is 0 Å². The number of carbonyl (C=O) groups excluding carboxylic acids is 1. The summed E-state index contributed by atoms with van der Waals surface area (Å²) >= 11 is 6.10. The lowest BCUT2D eigenvalue weighted by molar-refractivity contribution is 0.215. The monoisotopic (exact) mass is 303 g/mol. The van der Waals surface area contributed by atoms with Gasteiger partial charge in [0.05, 0.1) is 5.69 Å². The van der Waals surface area contributed by atoms with E-state index in [1.54, 1.807) is 12.1 Å². The van der Waals surface area contributed by atoms with Crippen molar-refractivity contribution in [3.05, 3.63) is 58.6 Å². The Bertz CT molecular complexity index is 601. The van der Waals surface area contributed by atoms with E-state index in [1.165, 1.54) is 0 Å². The van der Waals surface area contributed by atoms with Crippen LogP contribution in [0.3, 0.4) is 0 Å². The second-order valence-electron chi connectivity index (χ2n) is 4.63. The molecule has 0 spiro atoms. The first-order valence-corrected chi connectivity index (χ1v) is 7.37. The van der Waals surface area contributed by atoms with Gasteiger partial charge in [-0.05, 0) is 48.2 Å². The fourth-order valence-electron chi connectivity index (χ4n) is 2.17. The fourth-order valence-corrected chi connectivity index (χ4v) is 2.43. The molecule has 0 aromatic heterocycles. The molecule has 0 bridgehead atoms. The fraction of sp³-hybridized carbons (Fsp3) is 0.235. The molecule has 0 fully saturated rings. The summed E-state index contributed by atoms with van der Waals surface area (Å²) in [6, 6.07) is 12.7. The molecule has 0 radical (unpaired) electrons. The normalized spacial score (nSPS) is 10.2. The lowest BCUT2D eigenvalue weighted by Gasteiger charge is -2.15. The summed E-state index contributed by atoms with van der Waals surface area (Å²) in [6.45, 7) is 4.05. The van der Waals surface area contributed by atoms with E-state index in [1.807, 2.05) is 44.2 Å². The van der Waals surface area contributed by atoms with Gasteiger partial charge in [-0.15, -0.1) is 0 Å². The zero-order valence-corrected chi connectivity index (χ0v) is 12.9. The van der Waals surface area contributed by atoms with Crippen LogP contribution in [0.4, 0.5) is 10.5 Å². The van der Waals surface area contributed by atoms with E-state index in [-0.39, 0.29) is 0 Å². The number of aryl methyl sites for hydroxylation is 2. The molecular weight excluding hydrogens is 286 g/mol. The van der Waals surface area contributed by atoms with Crippen molar-refractivity contribution >= 4 is 23.4 Å². The molecule has 0 atom stereocenters. The first-order valence-electron chi connectivity index (χ1n) is 6.99. The van der Waals surface area contributed by atoms with Crippen molar-refractivity contribution in [2.24, 2.45) is 0 Å². The molecule has 0 heterocycles. The Morgan fingerprint density at radius 3 is 2.19 bits per heavy atom. The molecule has 0 saturated heterocycles. The largest absolute Gasteiger partial charge is 0.417 e. The van der Waals surface area contributed by atoms with E-state index in [9.17, 15) is 4.79 Å². The summed E-state index contributed by atoms with van der Waals surface area (Å²) in [4.78, 5) is 12.0. The first kappa shape index (κ1) is 15.4. The average Bonchev–Trinajstić information content (AvgIpc) is 2.49. The molecule has 1 N–H and O–H groups in total. The number of nitrogens with one attached hydrogen (secondary N) is 1.